The van der Waals surface area contributed by atoms with Crippen LogP contribution >= 0.6 is 0 Å². The van der Waals surface area contributed by atoms with Gasteiger partial charge in [0.2, 0.25) is 0 Å². The first-order chi connectivity index (χ1) is 11.1. The van der Waals surface area contributed by atoms with Gasteiger partial charge < -0.3 is 10.0 Å². The Morgan fingerprint density at radius 3 is 2.35 bits per heavy atom. The van der Waals surface area contributed by atoms with Gasteiger partial charge in [-0.05, 0) is 35.9 Å². The summed E-state index contributed by atoms with van der Waals surface area (Å²) in [5.41, 5.74) is 2.88. The van der Waals surface area contributed by atoms with Crippen molar-refractivity contribution < 1.29 is 9.90 Å². The zero-order valence-electron chi connectivity index (χ0n) is 12.4. The Bertz CT molecular complexity index is 770. The first-order valence-electron chi connectivity index (χ1n) is 7.08. The third-order valence-electron chi connectivity index (χ3n) is 3.39. The third-order valence-corrected chi connectivity index (χ3v) is 3.39. The Kier molecular flexibility index (Phi) is 5.33. The lowest BCUT2D eigenvalue weighted by molar-refractivity contribution is -0.136. The number of nitriles is 2. The highest BCUT2D eigenvalue weighted by molar-refractivity contribution is 5.67. The van der Waals surface area contributed by atoms with Crippen LogP contribution in [-0.2, 0) is 11.3 Å². The van der Waals surface area contributed by atoms with Gasteiger partial charge in [-0.2, -0.15) is 10.5 Å². The van der Waals surface area contributed by atoms with Gasteiger partial charge in [0, 0.05) is 18.8 Å². The zero-order valence-corrected chi connectivity index (χ0v) is 12.4. The maximum absolute atomic E-state index is 10.9. The molecule has 23 heavy (non-hydrogen) atoms. The molecule has 0 aliphatic heterocycles. The number of nitrogens with zero attached hydrogens (tertiary/aromatic N) is 3. The van der Waals surface area contributed by atoms with E-state index in [0.29, 0.717) is 24.2 Å². The number of carboxylic acids is 1. The van der Waals surface area contributed by atoms with E-state index in [0.717, 1.165) is 11.3 Å². The van der Waals surface area contributed by atoms with Crippen molar-refractivity contribution in [2.45, 2.75) is 13.0 Å². The molecule has 0 aromatic heterocycles. The summed E-state index contributed by atoms with van der Waals surface area (Å²) in [6.07, 6.45) is 0.00700. The van der Waals surface area contributed by atoms with E-state index >= 15 is 0 Å². The maximum Gasteiger partial charge on any atom is 0.305 e. The van der Waals surface area contributed by atoms with E-state index in [9.17, 15) is 4.79 Å². The number of anilines is 1. The van der Waals surface area contributed by atoms with Crippen LogP contribution in [0.25, 0.3) is 0 Å². The van der Waals surface area contributed by atoms with Crippen molar-refractivity contribution >= 4 is 11.7 Å². The second-order valence-electron chi connectivity index (χ2n) is 5.04. The lowest BCUT2D eigenvalue weighted by Crippen LogP contribution is -2.25. The molecule has 2 aromatic carbocycles. The summed E-state index contributed by atoms with van der Waals surface area (Å²) in [6.45, 7) is 0.845. The molecule has 0 aliphatic carbocycles. The minimum atomic E-state index is -0.869. The lowest BCUT2D eigenvalue weighted by atomic mass is 10.1. The smallest absolute Gasteiger partial charge is 0.305 e. The van der Waals surface area contributed by atoms with Gasteiger partial charge in [-0.3, -0.25) is 4.79 Å². The van der Waals surface area contributed by atoms with Crippen LogP contribution in [0.5, 0.6) is 0 Å². The summed E-state index contributed by atoms with van der Waals surface area (Å²) in [5, 5.41) is 26.8. The lowest BCUT2D eigenvalue weighted by Gasteiger charge is -2.24. The summed E-state index contributed by atoms with van der Waals surface area (Å²) in [6, 6.07) is 18.4. The number of aliphatic carboxylic acids is 1. The molecule has 5 heteroatoms. The van der Waals surface area contributed by atoms with E-state index < -0.39 is 5.97 Å². The summed E-state index contributed by atoms with van der Waals surface area (Å²) in [4.78, 5) is 12.8. The average molecular weight is 305 g/mol. The highest BCUT2D eigenvalue weighted by Crippen LogP contribution is 2.19. The van der Waals surface area contributed by atoms with Gasteiger partial charge in [-0.1, -0.05) is 18.2 Å². The molecule has 2 aromatic rings. The van der Waals surface area contributed by atoms with Crippen LogP contribution in [0, 0.1) is 22.7 Å². The quantitative estimate of drug-likeness (QED) is 0.886. The molecular weight excluding hydrogens is 290 g/mol. The molecule has 0 saturated carbocycles. The predicted molar refractivity (Wildman–Crippen MR) is 85.6 cm³/mol. The van der Waals surface area contributed by atoms with E-state index in [1.165, 1.54) is 0 Å². The van der Waals surface area contributed by atoms with Crippen LogP contribution in [0.4, 0.5) is 5.69 Å². The summed E-state index contributed by atoms with van der Waals surface area (Å²) < 4.78 is 0. The highest BCUT2D eigenvalue weighted by Gasteiger charge is 2.10. The highest BCUT2D eigenvalue weighted by atomic mass is 16.4. The molecule has 0 aliphatic rings. The van der Waals surface area contributed by atoms with Crippen molar-refractivity contribution in [3.05, 3.63) is 65.2 Å². The Morgan fingerprint density at radius 1 is 1.04 bits per heavy atom. The van der Waals surface area contributed by atoms with Crippen molar-refractivity contribution in [1.82, 2.24) is 0 Å². The van der Waals surface area contributed by atoms with Crippen LogP contribution in [0.15, 0.2) is 48.5 Å². The second kappa shape index (κ2) is 7.63. The van der Waals surface area contributed by atoms with E-state index in [4.69, 9.17) is 15.6 Å². The van der Waals surface area contributed by atoms with Crippen LogP contribution < -0.4 is 4.90 Å². The minimum Gasteiger partial charge on any atom is -0.481 e. The Hall–Kier alpha value is -3.31. The third kappa shape index (κ3) is 4.59. The SMILES string of the molecule is N#Cc1ccc(CN(CCC(=O)O)c2cccc(C#N)c2)cc1. The first-order valence-corrected chi connectivity index (χ1v) is 7.08. The largest absolute Gasteiger partial charge is 0.481 e. The molecule has 114 valence electrons. The normalized spacial score (nSPS) is 9.65. The van der Waals surface area contributed by atoms with Crippen molar-refractivity contribution in [2.75, 3.05) is 11.4 Å². The van der Waals surface area contributed by atoms with E-state index in [-0.39, 0.29) is 6.42 Å². The van der Waals surface area contributed by atoms with Gasteiger partial charge >= 0.3 is 5.97 Å². The predicted octanol–water partition coefficient (Wildman–Crippen LogP) is 2.91. The van der Waals surface area contributed by atoms with Crippen molar-refractivity contribution in [1.29, 1.82) is 10.5 Å². The molecule has 0 saturated heterocycles. The standard InChI is InChI=1S/C18H15N3O2/c19-11-14-4-6-15(7-5-14)13-21(9-8-18(22)23)17-3-1-2-16(10-17)12-20/h1-7,10H,8-9,13H2,(H,22,23). The molecular formula is C18H15N3O2. The van der Waals surface area contributed by atoms with E-state index in [1.807, 2.05) is 23.1 Å². The van der Waals surface area contributed by atoms with Crippen molar-refractivity contribution in [3.8, 4) is 12.1 Å². The molecule has 0 amide bonds. The summed E-state index contributed by atoms with van der Waals surface area (Å²) in [7, 11) is 0. The molecule has 0 radical (unpaired) electrons. The Balaban J connectivity index is 2.23. The van der Waals surface area contributed by atoms with Crippen molar-refractivity contribution in [3.63, 3.8) is 0 Å². The molecule has 0 atom stereocenters. The van der Waals surface area contributed by atoms with E-state index in [1.54, 1.807) is 30.3 Å². The molecule has 0 bridgehead atoms. The molecule has 0 spiro atoms. The van der Waals surface area contributed by atoms with Gasteiger partial charge in [0.25, 0.3) is 0 Å². The van der Waals surface area contributed by atoms with Gasteiger partial charge in [-0.25, -0.2) is 0 Å². The van der Waals surface area contributed by atoms with Crippen molar-refractivity contribution in [2.24, 2.45) is 0 Å². The van der Waals surface area contributed by atoms with Gasteiger partial charge in [0.05, 0.1) is 29.7 Å². The van der Waals surface area contributed by atoms with E-state index in [2.05, 4.69) is 12.1 Å². The Labute approximate surface area is 134 Å². The molecule has 0 fully saturated rings. The number of benzene rings is 2. The number of carbonyl (C=O) groups is 1. The number of hydrogen-bond donors (Lipinski definition) is 1. The van der Waals surface area contributed by atoms with Crippen LogP contribution in [0.1, 0.15) is 23.1 Å². The summed E-state index contributed by atoms with van der Waals surface area (Å²) >= 11 is 0. The average Bonchev–Trinajstić information content (AvgIpc) is 2.59. The molecule has 0 heterocycles. The topological polar surface area (TPSA) is 88.1 Å². The van der Waals surface area contributed by atoms with Crippen LogP contribution in [0.2, 0.25) is 0 Å². The number of hydrogen-bond acceptors (Lipinski definition) is 4. The molecule has 5 nitrogen and oxygen atoms in total. The maximum atomic E-state index is 10.9. The zero-order chi connectivity index (χ0) is 16.7. The first kappa shape index (κ1) is 16.1. The molecule has 0 unspecified atom stereocenters. The number of carboxylic acid groups (broad SMARTS) is 1. The summed E-state index contributed by atoms with van der Waals surface area (Å²) in [5.74, 6) is -0.869. The molecule has 1 N–H and O–H groups in total. The molecule has 2 rings (SSSR count). The van der Waals surface area contributed by atoms with Gasteiger partial charge in [0.1, 0.15) is 0 Å². The monoisotopic (exact) mass is 305 g/mol. The fourth-order valence-electron chi connectivity index (χ4n) is 2.21. The fourth-order valence-corrected chi connectivity index (χ4v) is 2.21. The number of rotatable bonds is 6. The minimum absolute atomic E-state index is 0.00700. The van der Waals surface area contributed by atoms with Gasteiger partial charge in [-0.15, -0.1) is 0 Å². The van der Waals surface area contributed by atoms with Crippen LogP contribution in [-0.4, -0.2) is 17.6 Å². The second-order valence-corrected chi connectivity index (χ2v) is 5.04. The van der Waals surface area contributed by atoms with Gasteiger partial charge in [0.15, 0.2) is 0 Å². The Morgan fingerprint density at radius 2 is 1.74 bits per heavy atom. The fraction of sp³-hybridized carbons (Fsp3) is 0.167. The van der Waals surface area contributed by atoms with Crippen LogP contribution in [0.3, 0.4) is 0 Å².